The predicted molar refractivity (Wildman–Crippen MR) is 119 cm³/mol. The Bertz CT molecular complexity index is 1250. The van der Waals surface area contributed by atoms with E-state index < -0.39 is 21.8 Å². The van der Waals surface area contributed by atoms with E-state index in [1.807, 2.05) is 18.2 Å². The van der Waals surface area contributed by atoms with Gasteiger partial charge >= 0.3 is 0 Å². The number of imide groups is 1. The number of hydrogen-bond donors (Lipinski definition) is 0. The monoisotopic (exact) mass is 448 g/mol. The molecule has 32 heavy (non-hydrogen) atoms. The van der Waals surface area contributed by atoms with E-state index in [0.29, 0.717) is 43.0 Å². The largest absolute Gasteiger partial charge is 0.354 e. The zero-order valence-corrected chi connectivity index (χ0v) is 17.9. The molecule has 0 radical (unpaired) electrons. The van der Waals surface area contributed by atoms with Crippen LogP contribution in [-0.2, 0) is 10.0 Å². The van der Waals surface area contributed by atoms with E-state index in [-0.39, 0.29) is 4.90 Å². The number of benzene rings is 2. The molecule has 0 atom stereocenters. The number of carbonyl (C=O) groups excluding carboxylic acids is 2. The zero-order chi connectivity index (χ0) is 22.3. The van der Waals surface area contributed by atoms with Crippen molar-refractivity contribution in [2.75, 3.05) is 36.0 Å². The maximum atomic E-state index is 13.1. The Morgan fingerprint density at radius 2 is 1.31 bits per heavy atom. The van der Waals surface area contributed by atoms with Crippen LogP contribution in [0.4, 0.5) is 11.5 Å². The van der Waals surface area contributed by atoms with Crippen LogP contribution < -0.4 is 9.80 Å². The Labute approximate surface area is 185 Å². The smallest absolute Gasteiger partial charge is 0.266 e. The molecule has 0 unspecified atom stereocenters. The summed E-state index contributed by atoms with van der Waals surface area (Å²) < 4.78 is 27.7. The summed E-state index contributed by atoms with van der Waals surface area (Å²) in [6.45, 7) is 1.78. The SMILES string of the molecule is O=C1c2ccccc2C(=O)N1c1ccc(S(=O)(=O)N2CCN(c3ccccn3)CC2)cc1. The highest BCUT2D eigenvalue weighted by atomic mass is 32.2. The van der Waals surface area contributed by atoms with Crippen LogP contribution in [0.15, 0.2) is 77.8 Å². The molecule has 3 heterocycles. The number of piperazine rings is 1. The van der Waals surface area contributed by atoms with Gasteiger partial charge in [0.05, 0.1) is 21.7 Å². The Balaban J connectivity index is 1.32. The average Bonchev–Trinajstić information content (AvgIpc) is 3.10. The normalized spacial score (nSPS) is 17.0. The van der Waals surface area contributed by atoms with Gasteiger partial charge in [-0.1, -0.05) is 18.2 Å². The van der Waals surface area contributed by atoms with E-state index in [0.717, 1.165) is 10.7 Å². The topological polar surface area (TPSA) is 90.9 Å². The standard InChI is InChI=1S/C23H20N4O4S/c28-22-19-5-1-2-6-20(19)23(29)27(22)17-8-10-18(11-9-17)32(30,31)26-15-13-25(14-16-26)21-7-3-4-12-24-21/h1-12H,13-16H2. The number of sulfonamides is 1. The van der Waals surface area contributed by atoms with E-state index in [9.17, 15) is 18.0 Å². The summed E-state index contributed by atoms with van der Waals surface area (Å²) in [4.78, 5) is 32.9. The molecule has 8 nitrogen and oxygen atoms in total. The van der Waals surface area contributed by atoms with Crippen LogP contribution in [0.25, 0.3) is 0 Å². The molecule has 1 fully saturated rings. The number of rotatable bonds is 4. The van der Waals surface area contributed by atoms with E-state index in [1.165, 1.54) is 28.6 Å². The van der Waals surface area contributed by atoms with Gasteiger partial charge in [0.25, 0.3) is 11.8 Å². The maximum Gasteiger partial charge on any atom is 0.266 e. The molecular formula is C23H20N4O4S. The summed E-state index contributed by atoms with van der Waals surface area (Å²) in [6, 6.07) is 18.2. The number of hydrogen-bond acceptors (Lipinski definition) is 6. The minimum absolute atomic E-state index is 0.129. The van der Waals surface area contributed by atoms with Crippen LogP contribution in [-0.4, -0.2) is 55.7 Å². The van der Waals surface area contributed by atoms with Gasteiger partial charge in [0, 0.05) is 32.4 Å². The Morgan fingerprint density at radius 3 is 1.88 bits per heavy atom. The lowest BCUT2D eigenvalue weighted by atomic mass is 10.1. The fraction of sp³-hybridized carbons (Fsp3) is 0.174. The second-order valence-corrected chi connectivity index (χ2v) is 9.50. The average molecular weight is 449 g/mol. The molecule has 9 heteroatoms. The van der Waals surface area contributed by atoms with Gasteiger partial charge in [-0.2, -0.15) is 4.31 Å². The maximum absolute atomic E-state index is 13.1. The van der Waals surface area contributed by atoms with Crippen molar-refractivity contribution in [3.8, 4) is 0 Å². The van der Waals surface area contributed by atoms with Crippen molar-refractivity contribution in [1.29, 1.82) is 0 Å². The molecule has 1 aromatic heterocycles. The zero-order valence-electron chi connectivity index (χ0n) is 17.1. The van der Waals surface area contributed by atoms with Gasteiger partial charge < -0.3 is 4.90 Å². The molecule has 2 aliphatic heterocycles. The van der Waals surface area contributed by atoms with E-state index in [4.69, 9.17) is 0 Å². The lowest BCUT2D eigenvalue weighted by Crippen LogP contribution is -2.48. The lowest BCUT2D eigenvalue weighted by molar-refractivity contribution is 0.0926. The fourth-order valence-corrected chi connectivity index (χ4v) is 5.46. The van der Waals surface area contributed by atoms with E-state index >= 15 is 0 Å². The Morgan fingerprint density at radius 1 is 0.719 bits per heavy atom. The van der Waals surface area contributed by atoms with Crippen LogP contribution in [0.5, 0.6) is 0 Å². The van der Waals surface area contributed by atoms with Crippen LogP contribution in [0.1, 0.15) is 20.7 Å². The predicted octanol–water partition coefficient (Wildman–Crippen LogP) is 2.39. The summed E-state index contributed by atoms with van der Waals surface area (Å²) in [7, 11) is -3.69. The number of nitrogens with zero attached hydrogens (tertiary/aromatic N) is 4. The molecule has 0 N–H and O–H groups in total. The van der Waals surface area contributed by atoms with Gasteiger partial charge in [-0.05, 0) is 48.5 Å². The second-order valence-electron chi connectivity index (χ2n) is 7.56. The molecule has 0 spiro atoms. The minimum Gasteiger partial charge on any atom is -0.354 e. The summed E-state index contributed by atoms with van der Waals surface area (Å²) in [5.74, 6) is 0.00791. The summed E-state index contributed by atoms with van der Waals surface area (Å²) in [6.07, 6.45) is 1.72. The van der Waals surface area contributed by atoms with E-state index in [1.54, 1.807) is 30.5 Å². The van der Waals surface area contributed by atoms with Crippen molar-refractivity contribution in [3.05, 3.63) is 84.1 Å². The third-order valence-corrected chi connectivity index (χ3v) is 7.65. The number of anilines is 2. The molecule has 0 aliphatic carbocycles. The van der Waals surface area contributed by atoms with Gasteiger partial charge in [0.1, 0.15) is 5.82 Å². The first kappa shape index (κ1) is 20.3. The minimum atomic E-state index is -3.69. The molecule has 162 valence electrons. The number of aromatic nitrogens is 1. The van der Waals surface area contributed by atoms with Crippen LogP contribution >= 0.6 is 0 Å². The number of carbonyl (C=O) groups is 2. The second kappa shape index (κ2) is 7.85. The number of pyridine rings is 1. The Kier molecular flexibility index (Phi) is 4.99. The molecule has 1 saturated heterocycles. The van der Waals surface area contributed by atoms with Crippen molar-refractivity contribution in [1.82, 2.24) is 9.29 Å². The van der Waals surface area contributed by atoms with Crippen molar-refractivity contribution in [2.45, 2.75) is 4.90 Å². The first-order chi connectivity index (χ1) is 15.5. The van der Waals surface area contributed by atoms with Crippen molar-refractivity contribution >= 4 is 33.3 Å². The molecule has 5 rings (SSSR count). The van der Waals surface area contributed by atoms with Crippen LogP contribution in [0.2, 0.25) is 0 Å². The number of fused-ring (bicyclic) bond motifs is 1. The highest BCUT2D eigenvalue weighted by molar-refractivity contribution is 7.89. The summed E-state index contributed by atoms with van der Waals surface area (Å²) >= 11 is 0. The molecular weight excluding hydrogens is 428 g/mol. The van der Waals surface area contributed by atoms with Crippen molar-refractivity contribution < 1.29 is 18.0 Å². The molecule has 0 saturated carbocycles. The first-order valence-electron chi connectivity index (χ1n) is 10.2. The third kappa shape index (κ3) is 3.35. The quantitative estimate of drug-likeness (QED) is 0.570. The van der Waals surface area contributed by atoms with Gasteiger partial charge in [-0.25, -0.2) is 18.3 Å². The Hall–Kier alpha value is -3.56. The third-order valence-electron chi connectivity index (χ3n) is 5.74. The van der Waals surface area contributed by atoms with Crippen LogP contribution in [0, 0.1) is 0 Å². The molecule has 3 aromatic rings. The highest BCUT2D eigenvalue weighted by Gasteiger charge is 2.36. The number of amides is 2. The van der Waals surface area contributed by atoms with Crippen molar-refractivity contribution in [2.24, 2.45) is 0 Å². The van der Waals surface area contributed by atoms with Crippen LogP contribution in [0.3, 0.4) is 0 Å². The molecule has 2 aliphatic rings. The highest BCUT2D eigenvalue weighted by Crippen LogP contribution is 2.29. The lowest BCUT2D eigenvalue weighted by Gasteiger charge is -2.34. The van der Waals surface area contributed by atoms with E-state index in [2.05, 4.69) is 9.88 Å². The summed E-state index contributed by atoms with van der Waals surface area (Å²) in [5.41, 5.74) is 1.04. The fourth-order valence-electron chi connectivity index (χ4n) is 4.04. The van der Waals surface area contributed by atoms with Gasteiger partial charge in [-0.15, -0.1) is 0 Å². The first-order valence-corrected chi connectivity index (χ1v) is 11.6. The van der Waals surface area contributed by atoms with Gasteiger partial charge in [-0.3, -0.25) is 9.59 Å². The molecule has 0 bridgehead atoms. The molecule has 2 aromatic carbocycles. The van der Waals surface area contributed by atoms with Gasteiger partial charge in [0.15, 0.2) is 0 Å². The summed E-state index contributed by atoms with van der Waals surface area (Å²) in [5, 5.41) is 0. The molecule has 2 amide bonds. The van der Waals surface area contributed by atoms with Crippen molar-refractivity contribution in [3.63, 3.8) is 0 Å². The van der Waals surface area contributed by atoms with Gasteiger partial charge in [0.2, 0.25) is 10.0 Å².